The van der Waals surface area contributed by atoms with Gasteiger partial charge in [0, 0.05) is 0 Å². The Kier molecular flexibility index (Phi) is 6.67. The summed E-state index contributed by atoms with van der Waals surface area (Å²) in [6.07, 6.45) is 0. The summed E-state index contributed by atoms with van der Waals surface area (Å²) in [6, 6.07) is 0. The largest absolute Gasteiger partial charge is 0.0625 e. The zero-order chi connectivity index (χ0) is 13.0. The molecule has 0 fully saturated rings. The van der Waals surface area contributed by atoms with Gasteiger partial charge < -0.3 is 0 Å². The number of hydrogen-bond acceptors (Lipinski definition) is 0. The van der Waals surface area contributed by atoms with Crippen molar-refractivity contribution in [3.05, 3.63) is 0 Å². The van der Waals surface area contributed by atoms with E-state index in [2.05, 4.69) is 62.3 Å². The lowest BCUT2D eigenvalue weighted by Gasteiger charge is -2.39. The summed E-state index contributed by atoms with van der Waals surface area (Å²) in [4.78, 5) is 0. The van der Waals surface area contributed by atoms with Gasteiger partial charge in [-0.15, -0.1) is 0 Å². The molecule has 0 rings (SSSR count). The van der Waals surface area contributed by atoms with Crippen molar-refractivity contribution >= 4 is 0 Å². The molecular weight excluding hydrogens is 192 g/mol. The highest BCUT2D eigenvalue weighted by atomic mass is 14.4. The minimum Gasteiger partial charge on any atom is -0.0625 e. The summed E-state index contributed by atoms with van der Waals surface area (Å²) in [5.41, 5.74) is 0. The van der Waals surface area contributed by atoms with Gasteiger partial charge >= 0.3 is 0 Å². The molecule has 0 bridgehead atoms. The van der Waals surface area contributed by atoms with Crippen LogP contribution in [0.2, 0.25) is 0 Å². The molecule has 0 aliphatic rings. The number of rotatable bonds is 6. The molecule has 0 aromatic carbocycles. The zero-order valence-electron chi connectivity index (χ0n) is 13.0. The van der Waals surface area contributed by atoms with Crippen LogP contribution in [0, 0.1) is 41.4 Å². The Bertz CT molecular complexity index is 178. The van der Waals surface area contributed by atoms with Gasteiger partial charge in [0.05, 0.1) is 0 Å². The smallest absolute Gasteiger partial charge is 0.0334 e. The van der Waals surface area contributed by atoms with E-state index in [-0.39, 0.29) is 0 Å². The van der Waals surface area contributed by atoms with E-state index in [0.29, 0.717) is 0 Å². The predicted octanol–water partition coefficient (Wildman–Crippen LogP) is 5.48. The van der Waals surface area contributed by atoms with Gasteiger partial charge in [-0.1, -0.05) is 62.3 Å². The van der Waals surface area contributed by atoms with Gasteiger partial charge in [-0.05, 0) is 41.4 Å². The third-order valence-electron chi connectivity index (χ3n) is 4.92. The number of hydrogen-bond donors (Lipinski definition) is 0. The van der Waals surface area contributed by atoms with Crippen LogP contribution in [0.1, 0.15) is 62.3 Å². The van der Waals surface area contributed by atoms with Crippen LogP contribution in [-0.4, -0.2) is 0 Å². The lowest BCUT2D eigenvalue weighted by molar-refractivity contribution is 0.0952. The Morgan fingerprint density at radius 1 is 0.375 bits per heavy atom. The van der Waals surface area contributed by atoms with Crippen LogP contribution in [0.25, 0.3) is 0 Å². The van der Waals surface area contributed by atoms with Gasteiger partial charge in [0.15, 0.2) is 0 Å². The average Bonchev–Trinajstić information content (AvgIpc) is 2.15. The van der Waals surface area contributed by atoms with Crippen LogP contribution in [-0.2, 0) is 0 Å². The molecule has 0 aliphatic carbocycles. The summed E-state index contributed by atoms with van der Waals surface area (Å²) in [7, 11) is 0. The van der Waals surface area contributed by atoms with Crippen LogP contribution in [0.4, 0.5) is 0 Å². The fourth-order valence-corrected chi connectivity index (χ4v) is 3.10. The quantitative estimate of drug-likeness (QED) is 0.562. The summed E-state index contributed by atoms with van der Waals surface area (Å²) in [5, 5.41) is 0. The third-order valence-corrected chi connectivity index (χ3v) is 4.92. The molecule has 4 unspecified atom stereocenters. The van der Waals surface area contributed by atoms with Crippen LogP contribution in [0.3, 0.4) is 0 Å². The Labute approximate surface area is 104 Å². The summed E-state index contributed by atoms with van der Waals surface area (Å²) >= 11 is 0. The van der Waals surface area contributed by atoms with Gasteiger partial charge in [0.1, 0.15) is 0 Å². The van der Waals surface area contributed by atoms with Crippen molar-refractivity contribution in [3.63, 3.8) is 0 Å². The maximum absolute atomic E-state index is 2.47. The topological polar surface area (TPSA) is 0 Å². The first-order valence-corrected chi connectivity index (χ1v) is 7.20. The highest BCUT2D eigenvalue weighted by molar-refractivity contribution is 4.80. The normalized spacial score (nSPS) is 20.2. The standard InChI is InChI=1S/C16H34/c1-10(2)13(7)15(9)16(12(5)6)14(8)11(3)4/h10-16H,1-9H3. The maximum Gasteiger partial charge on any atom is -0.0334 e. The zero-order valence-corrected chi connectivity index (χ0v) is 13.0. The van der Waals surface area contributed by atoms with E-state index in [0.717, 1.165) is 41.4 Å². The van der Waals surface area contributed by atoms with Crippen molar-refractivity contribution in [2.45, 2.75) is 62.3 Å². The second-order valence-electron chi connectivity index (χ2n) is 6.89. The molecule has 0 heteroatoms. The summed E-state index contributed by atoms with van der Waals surface area (Å²) in [6.45, 7) is 21.6. The van der Waals surface area contributed by atoms with E-state index in [1.807, 2.05) is 0 Å². The fourth-order valence-electron chi connectivity index (χ4n) is 3.10. The first kappa shape index (κ1) is 16.0. The molecule has 0 heterocycles. The SMILES string of the molecule is CC(C)C(C)C(C)C(C(C)C)C(C)C(C)C. The molecule has 0 aromatic rings. The Morgan fingerprint density at radius 3 is 1.00 bits per heavy atom. The molecule has 0 nitrogen and oxygen atoms in total. The predicted molar refractivity (Wildman–Crippen MR) is 75.5 cm³/mol. The van der Waals surface area contributed by atoms with Gasteiger partial charge in [0.2, 0.25) is 0 Å². The van der Waals surface area contributed by atoms with Gasteiger partial charge in [-0.2, -0.15) is 0 Å². The van der Waals surface area contributed by atoms with E-state index in [1.165, 1.54) is 0 Å². The molecule has 0 spiro atoms. The molecule has 0 amide bonds. The van der Waals surface area contributed by atoms with Crippen molar-refractivity contribution in [2.24, 2.45) is 41.4 Å². The van der Waals surface area contributed by atoms with Crippen molar-refractivity contribution in [3.8, 4) is 0 Å². The van der Waals surface area contributed by atoms with Crippen LogP contribution in [0.15, 0.2) is 0 Å². The van der Waals surface area contributed by atoms with E-state index in [9.17, 15) is 0 Å². The van der Waals surface area contributed by atoms with Gasteiger partial charge in [-0.3, -0.25) is 0 Å². The molecule has 0 radical (unpaired) electrons. The van der Waals surface area contributed by atoms with Crippen molar-refractivity contribution < 1.29 is 0 Å². The Balaban J connectivity index is 4.78. The highest BCUT2D eigenvalue weighted by Crippen LogP contribution is 2.38. The van der Waals surface area contributed by atoms with Crippen LogP contribution in [0.5, 0.6) is 0 Å². The molecule has 0 saturated carbocycles. The molecule has 16 heavy (non-hydrogen) atoms. The Morgan fingerprint density at radius 2 is 0.750 bits per heavy atom. The van der Waals surface area contributed by atoms with Crippen molar-refractivity contribution in [1.29, 1.82) is 0 Å². The Hall–Kier alpha value is 0. The molecule has 0 N–H and O–H groups in total. The molecule has 0 saturated heterocycles. The minimum absolute atomic E-state index is 0.800. The molecule has 0 aromatic heterocycles. The summed E-state index contributed by atoms with van der Waals surface area (Å²) < 4.78 is 0. The molecule has 0 aliphatic heterocycles. The molecule has 98 valence electrons. The first-order chi connectivity index (χ1) is 7.20. The van der Waals surface area contributed by atoms with Crippen LogP contribution >= 0.6 is 0 Å². The third kappa shape index (κ3) is 4.11. The minimum atomic E-state index is 0.800. The lowest BCUT2D eigenvalue weighted by Crippen LogP contribution is -2.33. The average molecular weight is 226 g/mol. The van der Waals surface area contributed by atoms with E-state index < -0.39 is 0 Å². The maximum atomic E-state index is 2.47. The van der Waals surface area contributed by atoms with Crippen LogP contribution < -0.4 is 0 Å². The monoisotopic (exact) mass is 226 g/mol. The lowest BCUT2D eigenvalue weighted by atomic mass is 9.66. The van der Waals surface area contributed by atoms with Gasteiger partial charge in [0.25, 0.3) is 0 Å². The first-order valence-electron chi connectivity index (χ1n) is 7.20. The fraction of sp³-hybridized carbons (Fsp3) is 1.00. The second-order valence-corrected chi connectivity index (χ2v) is 6.89. The second kappa shape index (κ2) is 6.67. The van der Waals surface area contributed by atoms with E-state index in [4.69, 9.17) is 0 Å². The van der Waals surface area contributed by atoms with Crippen molar-refractivity contribution in [1.82, 2.24) is 0 Å². The van der Waals surface area contributed by atoms with E-state index in [1.54, 1.807) is 0 Å². The van der Waals surface area contributed by atoms with E-state index >= 15 is 0 Å². The summed E-state index contributed by atoms with van der Waals surface area (Å²) in [5.74, 6) is 5.75. The highest BCUT2D eigenvalue weighted by Gasteiger charge is 2.32. The molecule has 4 atom stereocenters. The molecular formula is C16H34. The van der Waals surface area contributed by atoms with Gasteiger partial charge in [-0.25, -0.2) is 0 Å². The van der Waals surface area contributed by atoms with Crippen molar-refractivity contribution in [2.75, 3.05) is 0 Å².